The number of methoxy groups -OCH3 is 4. The lowest BCUT2D eigenvalue weighted by Crippen LogP contribution is -2.59. The van der Waals surface area contributed by atoms with Crippen molar-refractivity contribution >= 4 is 36.2 Å². The summed E-state index contributed by atoms with van der Waals surface area (Å²) in [6, 6.07) is 34.3. The summed E-state index contributed by atoms with van der Waals surface area (Å²) in [6.07, 6.45) is 2.02. The number of carbonyl (C=O) groups excluding carboxylic acids is 6. The van der Waals surface area contributed by atoms with Gasteiger partial charge in [0, 0.05) is 51.0 Å². The Morgan fingerprint density at radius 2 is 0.880 bits per heavy atom. The van der Waals surface area contributed by atoms with Gasteiger partial charge in [-0.2, -0.15) is 0 Å². The zero-order valence-corrected chi connectivity index (χ0v) is 59.3. The van der Waals surface area contributed by atoms with Crippen LogP contribution in [0.2, 0.25) is 0 Å². The molecule has 0 spiro atoms. The summed E-state index contributed by atoms with van der Waals surface area (Å²) in [5.74, 6) is 0.280. The van der Waals surface area contributed by atoms with Gasteiger partial charge in [-0.15, -0.1) is 0 Å². The van der Waals surface area contributed by atoms with E-state index < -0.39 is 95.1 Å². The Morgan fingerprint density at radius 3 is 1.25 bits per heavy atom. The summed E-state index contributed by atoms with van der Waals surface area (Å²) < 4.78 is 42.6. The third-order valence-electron chi connectivity index (χ3n) is 16.6. The fourth-order valence-electron chi connectivity index (χ4n) is 11.2. The molecule has 6 amide bonds. The molecule has 4 aromatic carbocycles. The highest BCUT2D eigenvalue weighted by Crippen LogP contribution is 2.33. The Labute approximate surface area is 585 Å². The number of carbonyl (C=O) groups is 6. The second-order valence-electron chi connectivity index (χ2n) is 27.7. The maximum absolute atomic E-state index is 13.8. The molecule has 9 atom stereocenters. The van der Waals surface area contributed by atoms with Gasteiger partial charge in [0.05, 0.1) is 71.9 Å². The van der Waals surface area contributed by atoms with Gasteiger partial charge in [0.1, 0.15) is 35.3 Å². The van der Waals surface area contributed by atoms with E-state index in [4.69, 9.17) is 37.9 Å². The van der Waals surface area contributed by atoms with Crippen LogP contribution in [-0.2, 0) is 63.9 Å². The van der Waals surface area contributed by atoms with Gasteiger partial charge in [-0.25, -0.2) is 29.2 Å². The molecule has 540 valence electrons. The number of nitrogens with one attached hydrogen (secondary N) is 6. The quantitative estimate of drug-likeness (QED) is 0.0177. The number of rotatable bonds is 27. The first-order valence-electron chi connectivity index (χ1n) is 33.1. The predicted octanol–water partition coefficient (Wildman–Crippen LogP) is 8.68. The van der Waals surface area contributed by atoms with Gasteiger partial charge in [-0.3, -0.25) is 30.4 Å². The molecule has 4 heterocycles. The highest BCUT2D eigenvalue weighted by atomic mass is 16.7. The van der Waals surface area contributed by atoms with Crippen LogP contribution < -0.4 is 41.6 Å². The molecule has 6 aromatic rings. The summed E-state index contributed by atoms with van der Waals surface area (Å²) in [6.45, 7) is 17.2. The number of hydrazine groups is 2. The zero-order chi connectivity index (χ0) is 72.7. The Hall–Kier alpha value is -9.44. The molecule has 2 fully saturated rings. The maximum atomic E-state index is 13.8. The van der Waals surface area contributed by atoms with Crippen molar-refractivity contribution in [3.63, 3.8) is 0 Å². The summed E-state index contributed by atoms with van der Waals surface area (Å²) in [5.41, 5.74) is 11.0. The van der Waals surface area contributed by atoms with Crippen LogP contribution in [0.15, 0.2) is 146 Å². The number of nitrogens with zero attached hydrogens (tertiary/aromatic N) is 4. The van der Waals surface area contributed by atoms with Gasteiger partial charge in [0.2, 0.25) is 0 Å². The van der Waals surface area contributed by atoms with Crippen molar-refractivity contribution in [1.82, 2.24) is 52.1 Å². The highest BCUT2D eigenvalue weighted by molar-refractivity contribution is 5.87. The van der Waals surface area contributed by atoms with E-state index in [2.05, 4.69) is 42.1 Å². The van der Waals surface area contributed by atoms with E-state index in [0.717, 1.165) is 50.9 Å². The summed E-state index contributed by atoms with van der Waals surface area (Å²) >= 11 is 0. The molecule has 0 radical (unpaired) electrons. The van der Waals surface area contributed by atoms with Gasteiger partial charge in [-0.1, -0.05) is 114 Å². The minimum atomic E-state index is -1.20. The van der Waals surface area contributed by atoms with Crippen LogP contribution in [0.25, 0.3) is 22.3 Å². The van der Waals surface area contributed by atoms with Crippen LogP contribution in [0, 0.1) is 16.7 Å². The standard InChI is InChI=1S/C38H49N5O9.C36H49N5O7/c1-38(2,3)33(41-36(46)49-5)34(45)42-43(21-25-6-10-26(11-7-25)27-14-17-39-18-15-27)22-31(44)30(20-24-8-12-28(48-4)13-9-24)40-37(47)52-32-23-51-35-29(32)16-19-50-35;1-35(2,3)31(39-33(44)47-8)32(43)40-41(22-25-9-13-26(14-10-25)27-17-19-37-20-18-27)23-30(42)29(38-34(45)48-36(4,5)6)21-24-11-15-28(46-7)16-12-24/h6-15,17-18,29-33,35,44H,16,19-23H2,1-5H3,(H,40,47)(H,41,46)(H,42,45);9-20,29-31,42H,21-23H2,1-8H3,(H,38,45)(H,39,44)(H,40,43)/t29-,30-,31-,32-,33?,35+;29-,30-,31?/m00/s1. The number of fused-ring (bicyclic) bond motifs is 1. The van der Waals surface area contributed by atoms with E-state index in [-0.39, 0.29) is 57.8 Å². The Kier molecular flexibility index (Phi) is 28.5. The van der Waals surface area contributed by atoms with Crippen LogP contribution in [-0.4, -0.2) is 175 Å². The first kappa shape index (κ1) is 77.9. The molecule has 26 nitrogen and oxygen atoms in total. The van der Waals surface area contributed by atoms with E-state index in [0.29, 0.717) is 18.1 Å². The second kappa shape index (κ2) is 36.6. The number of aromatic nitrogens is 2. The average molecular weight is 1380 g/mol. The summed E-state index contributed by atoms with van der Waals surface area (Å²) in [7, 11) is 5.61. The number of benzene rings is 4. The molecule has 2 aromatic heterocycles. The smallest absolute Gasteiger partial charge is 0.407 e. The van der Waals surface area contributed by atoms with Crippen molar-refractivity contribution in [2.75, 3.05) is 54.7 Å². The first-order valence-corrected chi connectivity index (χ1v) is 33.1. The topological polar surface area (TPSA) is 321 Å². The number of pyridine rings is 2. The van der Waals surface area contributed by atoms with E-state index in [1.54, 1.807) is 94.1 Å². The van der Waals surface area contributed by atoms with Crippen molar-refractivity contribution in [3.05, 3.63) is 168 Å². The summed E-state index contributed by atoms with van der Waals surface area (Å²) in [5, 5.41) is 37.6. The molecule has 2 aliphatic heterocycles. The molecule has 0 bridgehead atoms. The van der Waals surface area contributed by atoms with Crippen molar-refractivity contribution < 1.29 is 76.9 Å². The molecule has 2 aliphatic rings. The van der Waals surface area contributed by atoms with E-state index in [1.165, 1.54) is 14.2 Å². The fourth-order valence-corrected chi connectivity index (χ4v) is 11.2. The molecule has 8 N–H and O–H groups in total. The van der Waals surface area contributed by atoms with Crippen LogP contribution >= 0.6 is 0 Å². The zero-order valence-electron chi connectivity index (χ0n) is 59.3. The van der Waals surface area contributed by atoms with Crippen molar-refractivity contribution in [2.45, 2.75) is 149 Å². The van der Waals surface area contributed by atoms with E-state index in [1.807, 2.05) is 139 Å². The normalized spacial score (nSPS) is 16.9. The second-order valence-corrected chi connectivity index (χ2v) is 27.7. The lowest BCUT2D eigenvalue weighted by Gasteiger charge is -2.34. The van der Waals surface area contributed by atoms with Crippen LogP contribution in [0.1, 0.15) is 91.0 Å². The third kappa shape index (κ3) is 24.5. The van der Waals surface area contributed by atoms with Gasteiger partial charge >= 0.3 is 24.4 Å². The molecule has 2 unspecified atom stereocenters. The Balaban J connectivity index is 0.000000282. The molecule has 0 aliphatic carbocycles. The largest absolute Gasteiger partial charge is 0.497 e. The average Bonchev–Trinajstić information content (AvgIpc) is 1.57. The SMILES string of the molecule is COC(=O)NC(C(=O)NN(Cc1ccc(-c2ccncc2)cc1)C[C@H](O)[C@H](Cc1ccc(OC)cc1)NC(=O)OC(C)(C)C)C(C)(C)C.COC(=O)NC(C(=O)NN(Cc1ccc(-c2ccncc2)cc1)C[C@H](O)[C@H](Cc1ccc(OC)cc1)NC(=O)O[C@H]1CO[C@H]2OCC[C@H]21)C(C)(C)C. The Morgan fingerprint density at radius 1 is 0.500 bits per heavy atom. The number of amides is 6. The third-order valence-corrected chi connectivity index (χ3v) is 16.6. The lowest BCUT2D eigenvalue weighted by atomic mass is 9.86. The minimum Gasteiger partial charge on any atom is -0.497 e. The number of aliphatic hydroxyl groups excluding tert-OH is 2. The number of ether oxygens (including phenoxy) is 8. The van der Waals surface area contributed by atoms with Gasteiger partial charge < -0.3 is 69.4 Å². The molecule has 26 heteroatoms. The minimum absolute atomic E-state index is 0.0549. The van der Waals surface area contributed by atoms with Crippen LogP contribution in [0.3, 0.4) is 0 Å². The first-order chi connectivity index (χ1) is 47.5. The van der Waals surface area contributed by atoms with E-state index in [9.17, 15) is 39.0 Å². The number of hydrogen-bond donors (Lipinski definition) is 8. The number of alkyl carbamates (subject to hydrolysis) is 4. The molecule has 2 saturated heterocycles. The molecular weight excluding hydrogens is 1280 g/mol. The predicted molar refractivity (Wildman–Crippen MR) is 374 cm³/mol. The van der Waals surface area contributed by atoms with Gasteiger partial charge in [0.25, 0.3) is 11.8 Å². The van der Waals surface area contributed by atoms with Crippen LogP contribution in [0.5, 0.6) is 11.5 Å². The van der Waals surface area contributed by atoms with Gasteiger partial charge in [-0.05, 0) is 144 Å². The van der Waals surface area contributed by atoms with Gasteiger partial charge in [0.15, 0.2) is 6.29 Å². The highest BCUT2D eigenvalue weighted by Gasteiger charge is 2.44. The maximum Gasteiger partial charge on any atom is 0.407 e. The van der Waals surface area contributed by atoms with Crippen molar-refractivity contribution in [1.29, 1.82) is 0 Å². The molecule has 8 rings (SSSR count). The molecule has 100 heavy (non-hydrogen) atoms. The van der Waals surface area contributed by atoms with Crippen molar-refractivity contribution in [3.8, 4) is 33.8 Å². The number of aliphatic hydroxyl groups is 2. The van der Waals surface area contributed by atoms with Crippen molar-refractivity contribution in [2.24, 2.45) is 16.7 Å². The number of hydrogen-bond acceptors (Lipinski definition) is 20. The van der Waals surface area contributed by atoms with E-state index >= 15 is 0 Å². The Bertz CT molecular complexity index is 3560. The monoisotopic (exact) mass is 1380 g/mol. The molecular formula is C74H98N10O16. The van der Waals surface area contributed by atoms with Crippen LogP contribution in [0.4, 0.5) is 19.2 Å². The fraction of sp³-hybridized carbons (Fsp3) is 0.459. The summed E-state index contributed by atoms with van der Waals surface area (Å²) in [4.78, 5) is 86.3. The lowest BCUT2D eigenvalue weighted by molar-refractivity contribution is -0.132. The molecule has 0 saturated carbocycles.